The zero-order valence-electron chi connectivity index (χ0n) is 9.39. The molecule has 0 atom stereocenters. The number of hydrogen-bond donors (Lipinski definition) is 1. The Morgan fingerprint density at radius 3 is 2.68 bits per heavy atom. The van der Waals surface area contributed by atoms with Gasteiger partial charge in [0.05, 0.1) is 13.1 Å². The van der Waals surface area contributed by atoms with E-state index in [1.54, 1.807) is 11.5 Å². The normalized spacial score (nSPS) is 17.8. The van der Waals surface area contributed by atoms with Crippen molar-refractivity contribution in [3.63, 3.8) is 0 Å². The molecular weight excluding hydrogens is 268 g/mol. The lowest BCUT2D eigenvalue weighted by molar-refractivity contribution is -0.127. The van der Waals surface area contributed by atoms with Crippen LogP contribution in [0.1, 0.15) is 0 Å². The Balaban J connectivity index is 1.97. The molecular formula is C9H8F4N6. The molecule has 0 saturated carbocycles. The van der Waals surface area contributed by atoms with Crippen LogP contribution < -0.4 is 10.3 Å². The Bertz CT molecular complexity index is 604. The summed E-state index contributed by atoms with van der Waals surface area (Å²) >= 11 is 0. The van der Waals surface area contributed by atoms with Crippen LogP contribution in [0.4, 0.5) is 29.5 Å². The zero-order valence-corrected chi connectivity index (χ0v) is 9.39. The molecule has 6 nitrogen and oxygen atoms in total. The van der Waals surface area contributed by atoms with Crippen molar-refractivity contribution in [2.45, 2.75) is 5.92 Å². The number of anilines is 2. The second-order valence-corrected chi connectivity index (χ2v) is 4.16. The van der Waals surface area contributed by atoms with Crippen LogP contribution in [0, 0.1) is 0 Å². The molecule has 10 heteroatoms. The van der Waals surface area contributed by atoms with E-state index in [-0.39, 0.29) is 11.8 Å². The number of nitrogens with one attached hydrogen (secondary N) is 1. The lowest BCUT2D eigenvalue weighted by Crippen LogP contribution is -2.57. The summed E-state index contributed by atoms with van der Waals surface area (Å²) in [6.07, 6.45) is 1.52. The summed E-state index contributed by atoms with van der Waals surface area (Å²) in [6.45, 7) is -1.04. The standard InChI is InChI=1S/C9H8F4N6/c10-9(11)4-17(5-9)8-14-7(15-19(12)13)6-2-1-3-18(6)16-8/h1-3H,4-5H2,(H,14,15,16). The van der Waals surface area contributed by atoms with Gasteiger partial charge in [-0.2, -0.15) is 4.98 Å². The number of hydrogen-bond acceptors (Lipinski definition) is 5. The molecule has 2 aromatic heterocycles. The van der Waals surface area contributed by atoms with Crippen molar-refractivity contribution >= 4 is 17.3 Å². The van der Waals surface area contributed by atoms with Crippen molar-refractivity contribution < 1.29 is 17.7 Å². The van der Waals surface area contributed by atoms with Gasteiger partial charge < -0.3 is 4.90 Å². The maximum atomic E-state index is 12.8. The van der Waals surface area contributed by atoms with Gasteiger partial charge in [0.1, 0.15) is 11.0 Å². The van der Waals surface area contributed by atoms with E-state index in [9.17, 15) is 17.7 Å². The number of halogens is 4. The molecule has 0 aromatic carbocycles. The maximum absolute atomic E-state index is 12.8. The first-order valence-electron chi connectivity index (χ1n) is 5.31. The third-order valence-corrected chi connectivity index (χ3v) is 2.70. The lowest BCUT2D eigenvalue weighted by atomic mass is 10.2. The van der Waals surface area contributed by atoms with Crippen molar-refractivity contribution in [2.24, 2.45) is 0 Å². The largest absolute Gasteiger partial charge is 0.327 e. The van der Waals surface area contributed by atoms with Gasteiger partial charge in [0, 0.05) is 6.20 Å². The summed E-state index contributed by atoms with van der Waals surface area (Å²) in [7, 11) is 0. The Labute approximate surface area is 104 Å². The topological polar surface area (TPSA) is 48.7 Å². The molecule has 0 spiro atoms. The molecule has 1 aliphatic rings. The SMILES string of the molecule is FN(F)Nc1nc(N2CC(F)(F)C2)nn2cccc12. The van der Waals surface area contributed by atoms with Crippen molar-refractivity contribution in [1.29, 1.82) is 0 Å². The molecule has 3 heterocycles. The molecule has 0 amide bonds. The van der Waals surface area contributed by atoms with Crippen LogP contribution in [-0.4, -0.2) is 39.1 Å². The minimum absolute atomic E-state index is 0.0287. The van der Waals surface area contributed by atoms with Crippen LogP contribution in [0.3, 0.4) is 0 Å². The molecule has 1 N–H and O–H groups in total. The van der Waals surface area contributed by atoms with E-state index in [0.717, 1.165) is 0 Å². The van der Waals surface area contributed by atoms with Crippen molar-refractivity contribution in [3.8, 4) is 0 Å². The van der Waals surface area contributed by atoms with Crippen molar-refractivity contribution in [1.82, 2.24) is 20.1 Å². The fraction of sp³-hybridized carbons (Fsp3) is 0.333. The number of alkyl halides is 2. The first-order valence-corrected chi connectivity index (χ1v) is 5.31. The molecule has 1 saturated heterocycles. The van der Waals surface area contributed by atoms with Crippen molar-refractivity contribution in [3.05, 3.63) is 18.3 Å². The highest BCUT2D eigenvalue weighted by atomic mass is 19.4. The van der Waals surface area contributed by atoms with E-state index in [1.165, 1.54) is 21.7 Å². The quantitative estimate of drug-likeness (QED) is 0.524. The molecule has 0 aliphatic carbocycles. The summed E-state index contributed by atoms with van der Waals surface area (Å²) in [5.41, 5.74) is 0.768. The van der Waals surface area contributed by atoms with E-state index in [2.05, 4.69) is 10.1 Å². The third-order valence-electron chi connectivity index (χ3n) is 2.70. The van der Waals surface area contributed by atoms with Gasteiger partial charge in [0.2, 0.25) is 5.95 Å². The number of fused-ring (bicyclic) bond motifs is 1. The van der Waals surface area contributed by atoms with Gasteiger partial charge in [-0.05, 0) is 12.1 Å². The van der Waals surface area contributed by atoms with Gasteiger partial charge in [0.15, 0.2) is 5.82 Å². The summed E-state index contributed by atoms with van der Waals surface area (Å²) in [6, 6.07) is 3.12. The minimum atomic E-state index is -2.78. The van der Waals surface area contributed by atoms with Gasteiger partial charge >= 0.3 is 0 Å². The predicted molar refractivity (Wildman–Crippen MR) is 57.8 cm³/mol. The molecule has 1 aliphatic heterocycles. The molecule has 3 rings (SSSR count). The fourth-order valence-electron chi connectivity index (χ4n) is 1.87. The number of rotatable bonds is 3. The van der Waals surface area contributed by atoms with Crippen LogP contribution in [0.25, 0.3) is 5.52 Å². The number of aromatic nitrogens is 3. The molecule has 0 bridgehead atoms. The second kappa shape index (κ2) is 3.95. The number of nitrogens with zero attached hydrogens (tertiary/aromatic N) is 5. The van der Waals surface area contributed by atoms with Crippen LogP contribution in [0.5, 0.6) is 0 Å². The first kappa shape index (κ1) is 12.0. The second-order valence-electron chi connectivity index (χ2n) is 4.16. The highest BCUT2D eigenvalue weighted by molar-refractivity contribution is 5.68. The molecule has 2 aromatic rings. The van der Waals surface area contributed by atoms with Gasteiger partial charge in [-0.3, -0.25) is 0 Å². The van der Waals surface area contributed by atoms with Gasteiger partial charge in [0.25, 0.3) is 5.92 Å². The average Bonchev–Trinajstić information content (AvgIpc) is 2.73. The maximum Gasteiger partial charge on any atom is 0.282 e. The minimum Gasteiger partial charge on any atom is -0.327 e. The Hall–Kier alpha value is -2.10. The molecule has 0 unspecified atom stereocenters. The predicted octanol–water partition coefficient (Wildman–Crippen LogP) is 1.58. The highest BCUT2D eigenvalue weighted by Gasteiger charge is 2.45. The monoisotopic (exact) mass is 276 g/mol. The summed E-state index contributed by atoms with van der Waals surface area (Å²) in [5.74, 6) is -2.97. The van der Waals surface area contributed by atoms with Gasteiger partial charge in [-0.15, -0.1) is 5.10 Å². The molecule has 1 fully saturated rings. The summed E-state index contributed by atoms with van der Waals surface area (Å²) < 4.78 is 51.3. The zero-order chi connectivity index (χ0) is 13.6. The molecule has 19 heavy (non-hydrogen) atoms. The Morgan fingerprint density at radius 2 is 2.05 bits per heavy atom. The lowest BCUT2D eigenvalue weighted by Gasteiger charge is -2.38. The van der Waals surface area contributed by atoms with Crippen molar-refractivity contribution in [2.75, 3.05) is 23.4 Å². The van der Waals surface area contributed by atoms with Gasteiger partial charge in [-0.1, -0.05) is 8.96 Å². The number of hydrazine groups is 1. The smallest absolute Gasteiger partial charge is 0.282 e. The molecule has 0 radical (unpaired) electrons. The van der Waals surface area contributed by atoms with E-state index < -0.39 is 24.5 Å². The van der Waals surface area contributed by atoms with Gasteiger partial charge in [-0.25, -0.2) is 18.7 Å². The summed E-state index contributed by atoms with van der Waals surface area (Å²) in [5, 5.41) is 3.99. The van der Waals surface area contributed by atoms with E-state index in [4.69, 9.17) is 0 Å². The molecule has 102 valence electrons. The first-order chi connectivity index (χ1) is 8.94. The summed E-state index contributed by atoms with van der Waals surface area (Å²) in [4.78, 5) is 5.04. The van der Waals surface area contributed by atoms with Crippen LogP contribution in [-0.2, 0) is 0 Å². The van der Waals surface area contributed by atoms with E-state index >= 15 is 0 Å². The Morgan fingerprint density at radius 1 is 1.32 bits per heavy atom. The van der Waals surface area contributed by atoms with Crippen LogP contribution in [0.2, 0.25) is 0 Å². The average molecular weight is 276 g/mol. The third kappa shape index (κ3) is 2.14. The fourth-order valence-corrected chi connectivity index (χ4v) is 1.87. The highest BCUT2D eigenvalue weighted by Crippen LogP contribution is 2.30. The van der Waals surface area contributed by atoms with E-state index in [1.807, 2.05) is 0 Å². The Kier molecular flexibility index (Phi) is 2.49. The van der Waals surface area contributed by atoms with Crippen LogP contribution in [0.15, 0.2) is 18.3 Å². The van der Waals surface area contributed by atoms with E-state index in [0.29, 0.717) is 5.52 Å². The van der Waals surface area contributed by atoms with Crippen LogP contribution >= 0.6 is 0 Å².